The Bertz CT molecular complexity index is 1680. The Labute approximate surface area is 244 Å². The molecule has 0 saturated carbocycles. The maximum Gasteiger partial charge on any atom is 0.246 e. The van der Waals surface area contributed by atoms with Crippen LogP contribution in [0.1, 0.15) is 32.3 Å². The molecule has 2 aromatic carbocycles. The van der Waals surface area contributed by atoms with E-state index in [4.69, 9.17) is 9.72 Å². The summed E-state index contributed by atoms with van der Waals surface area (Å²) < 4.78 is 60.7. The lowest BCUT2D eigenvalue weighted by Gasteiger charge is -2.28. The van der Waals surface area contributed by atoms with Crippen LogP contribution in [0.15, 0.2) is 60.9 Å². The van der Waals surface area contributed by atoms with E-state index in [-0.39, 0.29) is 11.7 Å². The Hall–Kier alpha value is -3.90. The normalized spacial score (nSPS) is 17.6. The van der Waals surface area contributed by atoms with Crippen molar-refractivity contribution in [2.45, 2.75) is 45.6 Å². The van der Waals surface area contributed by atoms with Crippen molar-refractivity contribution < 1.29 is 21.9 Å². The monoisotopic (exact) mass is 596 g/mol. The molecule has 3 heterocycles. The number of ether oxygens (including phenoxy) is 1. The number of aromatic nitrogens is 3. The Morgan fingerprint density at radius 2 is 1.88 bits per heavy atom. The molecule has 12 heteroatoms. The van der Waals surface area contributed by atoms with Crippen LogP contribution in [0.25, 0.3) is 22.0 Å². The maximum atomic E-state index is 13.3. The van der Waals surface area contributed by atoms with Crippen LogP contribution in [-0.2, 0) is 10.0 Å². The van der Waals surface area contributed by atoms with E-state index in [9.17, 15) is 17.2 Å². The molecule has 0 radical (unpaired) electrons. The Morgan fingerprint density at radius 1 is 1.05 bits per heavy atom. The molecule has 0 bridgehead atoms. The molecule has 0 unspecified atom stereocenters. The third kappa shape index (κ3) is 7.29. The zero-order chi connectivity index (χ0) is 29.9. The maximum absolute atomic E-state index is 13.3. The summed E-state index contributed by atoms with van der Waals surface area (Å²) in [6.07, 6.45) is 3.56. The number of benzene rings is 2. The van der Waals surface area contributed by atoms with Crippen molar-refractivity contribution in [3.63, 3.8) is 0 Å². The summed E-state index contributed by atoms with van der Waals surface area (Å²) in [5.41, 5.74) is 2.36. The van der Waals surface area contributed by atoms with Crippen LogP contribution in [0.5, 0.6) is 11.6 Å². The number of rotatable bonds is 10. The van der Waals surface area contributed by atoms with Crippen molar-refractivity contribution in [2.75, 3.05) is 28.9 Å². The van der Waals surface area contributed by atoms with E-state index in [0.717, 1.165) is 25.1 Å². The number of nitrogens with zero attached hydrogens (tertiary/aromatic N) is 3. The third-order valence-electron chi connectivity index (χ3n) is 7.09. The summed E-state index contributed by atoms with van der Waals surface area (Å²) >= 11 is 0. The lowest BCUT2D eigenvalue weighted by Crippen LogP contribution is -2.42. The van der Waals surface area contributed by atoms with Crippen LogP contribution < -0.4 is 20.1 Å². The minimum absolute atomic E-state index is 0.219. The fourth-order valence-electron chi connectivity index (χ4n) is 4.99. The number of hydrogen-bond acceptors (Lipinski definition) is 8. The summed E-state index contributed by atoms with van der Waals surface area (Å²) in [5.74, 6) is -1.91. The van der Waals surface area contributed by atoms with Gasteiger partial charge in [0.25, 0.3) is 0 Å². The zero-order valence-electron chi connectivity index (χ0n) is 23.7. The van der Waals surface area contributed by atoms with Gasteiger partial charge in [-0.1, -0.05) is 31.2 Å². The molecule has 0 amide bonds. The van der Waals surface area contributed by atoms with Gasteiger partial charge < -0.3 is 15.4 Å². The van der Waals surface area contributed by atoms with E-state index in [1.807, 2.05) is 25.1 Å². The third-order valence-corrected chi connectivity index (χ3v) is 8.36. The molecule has 4 aromatic rings. The molecule has 2 atom stereocenters. The van der Waals surface area contributed by atoms with Gasteiger partial charge >= 0.3 is 0 Å². The fraction of sp³-hybridized carbons (Fsp3) is 0.367. The van der Waals surface area contributed by atoms with Crippen molar-refractivity contribution in [2.24, 2.45) is 5.92 Å². The summed E-state index contributed by atoms with van der Waals surface area (Å²) in [4.78, 5) is 13.6. The minimum atomic E-state index is -4.01. The number of piperidine rings is 1. The SMILES string of the molecule is Cc1ccc2c(NS(=O)(=O)CCC(C)(F)F)cccc2c1Oc1ncccc1-c1ccnc(N[C@@H]2CNC[C@H](C)C2)n1. The lowest BCUT2D eigenvalue weighted by molar-refractivity contribution is 0.0189. The van der Waals surface area contributed by atoms with Gasteiger partial charge in [0.2, 0.25) is 27.8 Å². The van der Waals surface area contributed by atoms with Gasteiger partial charge in [0, 0.05) is 42.2 Å². The average Bonchev–Trinajstić information content (AvgIpc) is 2.94. The number of hydrogen-bond donors (Lipinski definition) is 3. The van der Waals surface area contributed by atoms with E-state index in [1.165, 1.54) is 0 Å². The van der Waals surface area contributed by atoms with Gasteiger partial charge in [-0.25, -0.2) is 32.2 Å². The first-order valence-corrected chi connectivity index (χ1v) is 15.5. The molecular formula is C30H34F2N6O3S. The molecule has 1 aliphatic rings. The fourth-order valence-corrected chi connectivity index (χ4v) is 6.23. The second kappa shape index (κ2) is 12.1. The molecule has 9 nitrogen and oxygen atoms in total. The highest BCUT2D eigenvalue weighted by atomic mass is 32.2. The predicted octanol–water partition coefficient (Wildman–Crippen LogP) is 5.99. The highest BCUT2D eigenvalue weighted by molar-refractivity contribution is 7.92. The first-order chi connectivity index (χ1) is 20.0. The Balaban J connectivity index is 1.44. The summed E-state index contributed by atoms with van der Waals surface area (Å²) in [5, 5.41) is 8.04. The number of aryl methyl sites for hydroxylation is 1. The quantitative estimate of drug-likeness (QED) is 0.204. The molecule has 0 spiro atoms. The molecule has 2 aromatic heterocycles. The summed E-state index contributed by atoms with van der Waals surface area (Å²) in [7, 11) is -4.01. The number of halogens is 2. The molecular weight excluding hydrogens is 562 g/mol. The molecule has 42 heavy (non-hydrogen) atoms. The molecule has 1 fully saturated rings. The van der Waals surface area contributed by atoms with Gasteiger partial charge in [-0.05, 0) is 62.6 Å². The van der Waals surface area contributed by atoms with Crippen molar-refractivity contribution >= 4 is 32.4 Å². The van der Waals surface area contributed by atoms with E-state index >= 15 is 0 Å². The first kappa shape index (κ1) is 29.6. The highest BCUT2D eigenvalue weighted by Crippen LogP contribution is 2.39. The molecule has 1 saturated heterocycles. The average molecular weight is 597 g/mol. The van der Waals surface area contributed by atoms with Gasteiger partial charge in [0.15, 0.2) is 0 Å². The van der Waals surface area contributed by atoms with Gasteiger partial charge in [-0.3, -0.25) is 4.72 Å². The smallest absolute Gasteiger partial charge is 0.246 e. The van der Waals surface area contributed by atoms with Crippen molar-refractivity contribution in [1.82, 2.24) is 20.3 Å². The van der Waals surface area contributed by atoms with Crippen LogP contribution in [0.3, 0.4) is 0 Å². The van der Waals surface area contributed by atoms with E-state index in [2.05, 4.69) is 32.2 Å². The largest absolute Gasteiger partial charge is 0.437 e. The number of nitrogens with one attached hydrogen (secondary N) is 3. The predicted molar refractivity (Wildman–Crippen MR) is 161 cm³/mol. The van der Waals surface area contributed by atoms with Gasteiger partial charge in [0.1, 0.15) is 5.75 Å². The summed E-state index contributed by atoms with van der Waals surface area (Å²) in [6.45, 7) is 6.62. The van der Waals surface area contributed by atoms with E-state index < -0.39 is 28.1 Å². The Morgan fingerprint density at radius 3 is 2.67 bits per heavy atom. The molecule has 222 valence electrons. The number of anilines is 2. The Kier molecular flexibility index (Phi) is 8.55. The van der Waals surface area contributed by atoms with Gasteiger partial charge in [0.05, 0.1) is 22.7 Å². The second-order valence-electron chi connectivity index (χ2n) is 10.9. The second-order valence-corrected chi connectivity index (χ2v) is 12.8. The first-order valence-electron chi connectivity index (χ1n) is 13.8. The van der Waals surface area contributed by atoms with Crippen LogP contribution >= 0.6 is 0 Å². The topological polar surface area (TPSA) is 118 Å². The van der Waals surface area contributed by atoms with E-state index in [1.54, 1.807) is 42.7 Å². The van der Waals surface area contributed by atoms with E-state index in [0.29, 0.717) is 52.4 Å². The minimum Gasteiger partial charge on any atom is -0.437 e. The van der Waals surface area contributed by atoms with Crippen LogP contribution in [0.2, 0.25) is 0 Å². The lowest BCUT2D eigenvalue weighted by atomic mass is 9.98. The van der Waals surface area contributed by atoms with Crippen molar-refractivity contribution in [1.29, 1.82) is 0 Å². The van der Waals surface area contributed by atoms with Crippen LogP contribution in [0, 0.1) is 12.8 Å². The molecule has 0 aliphatic carbocycles. The van der Waals surface area contributed by atoms with Gasteiger partial charge in [-0.2, -0.15) is 0 Å². The zero-order valence-corrected chi connectivity index (χ0v) is 24.5. The van der Waals surface area contributed by atoms with Crippen LogP contribution in [0.4, 0.5) is 20.4 Å². The van der Waals surface area contributed by atoms with Gasteiger partial charge in [-0.15, -0.1) is 0 Å². The molecule has 3 N–H and O–H groups in total. The molecule has 1 aliphatic heterocycles. The highest BCUT2D eigenvalue weighted by Gasteiger charge is 2.25. The van der Waals surface area contributed by atoms with Crippen molar-refractivity contribution in [3.8, 4) is 22.9 Å². The van der Waals surface area contributed by atoms with Crippen LogP contribution in [-0.4, -0.2) is 54.2 Å². The number of sulfonamides is 1. The number of pyridine rings is 1. The number of alkyl halides is 2. The summed E-state index contributed by atoms with van der Waals surface area (Å²) in [6, 6.07) is 14.3. The molecule has 5 rings (SSSR count). The number of fused-ring (bicyclic) bond motifs is 1. The standard InChI is InChI=1S/C30H34F2N6O3S/c1-19-16-21(18-33-17-19)36-29-35-14-11-25(37-29)24-7-5-13-34-28(24)41-27-20(2)9-10-22-23(27)6-4-8-26(22)38-42(39,40)15-12-30(3,31)32/h4-11,13-14,19,21,33,38H,12,15-18H2,1-3H3,(H,35,36,37)/t19-,21+/m1/s1. The van der Waals surface area contributed by atoms with Crippen molar-refractivity contribution in [3.05, 3.63) is 66.5 Å².